The highest BCUT2D eigenvalue weighted by atomic mass is 16.7. The molecule has 17 nitrogen and oxygen atoms in total. The van der Waals surface area contributed by atoms with Crippen LogP contribution in [0, 0.1) is 5.92 Å². The first-order valence-electron chi connectivity index (χ1n) is 15.8. The molecule has 2 aliphatic heterocycles. The largest absolute Gasteiger partial charge is 0.365 e. The molecule has 2 aromatic heterocycles. The molecule has 4 amide bonds. The number of pyridine rings is 2. The van der Waals surface area contributed by atoms with E-state index in [1.807, 2.05) is 0 Å². The van der Waals surface area contributed by atoms with E-state index in [-0.39, 0.29) is 48.5 Å². The van der Waals surface area contributed by atoms with Crippen LogP contribution >= 0.6 is 0 Å². The molecule has 0 bridgehead atoms. The predicted octanol–water partition coefficient (Wildman–Crippen LogP) is 3.10. The number of anilines is 2. The molecule has 2 N–H and O–H groups in total. The van der Waals surface area contributed by atoms with E-state index in [1.54, 1.807) is 13.0 Å². The van der Waals surface area contributed by atoms with Gasteiger partial charge in [-0.15, -0.1) is 10.1 Å². The molecule has 6 rings (SSSR count). The lowest BCUT2D eigenvalue weighted by molar-refractivity contribution is -0.173. The first kappa shape index (κ1) is 34.5. The number of hydroxylamine groups is 4. The van der Waals surface area contributed by atoms with Crippen molar-refractivity contribution in [2.45, 2.75) is 77.6 Å². The Bertz CT molecular complexity index is 1670. The van der Waals surface area contributed by atoms with E-state index in [4.69, 9.17) is 9.68 Å². The second-order valence-corrected chi connectivity index (χ2v) is 11.6. The van der Waals surface area contributed by atoms with Gasteiger partial charge in [-0.25, -0.2) is 19.6 Å². The van der Waals surface area contributed by atoms with Crippen molar-refractivity contribution < 1.29 is 43.2 Å². The number of imide groups is 2. The molecule has 2 aliphatic carbocycles. The number of Topliss-reactive ketones (excluding diaryl/α,β-unsaturated/α-hetero) is 1. The Morgan fingerprint density at radius 2 is 1.14 bits per heavy atom. The van der Waals surface area contributed by atoms with Gasteiger partial charge in [0, 0.05) is 49.5 Å². The van der Waals surface area contributed by atoms with Crippen molar-refractivity contribution in [2.24, 2.45) is 16.1 Å². The molecule has 0 spiro atoms. The summed E-state index contributed by atoms with van der Waals surface area (Å²) in [5.74, 6) is -2.88. The Hall–Kier alpha value is -5.87. The molecule has 4 heterocycles. The average molecular weight is 675 g/mol. The summed E-state index contributed by atoms with van der Waals surface area (Å²) in [6, 6.07) is 6.05. The minimum atomic E-state index is -0.841. The molecule has 1 unspecified atom stereocenters. The Kier molecular flexibility index (Phi) is 11.1. The Morgan fingerprint density at radius 1 is 0.673 bits per heavy atom. The molecule has 4 aliphatic rings. The average Bonchev–Trinajstić information content (AvgIpc) is 3.92. The molecule has 2 saturated heterocycles. The van der Waals surface area contributed by atoms with Crippen LogP contribution in [0.3, 0.4) is 0 Å². The maximum absolute atomic E-state index is 12.0. The fourth-order valence-electron chi connectivity index (χ4n) is 5.31. The van der Waals surface area contributed by atoms with Crippen LogP contribution in [0.25, 0.3) is 0 Å². The Balaban J connectivity index is 0.000000192. The van der Waals surface area contributed by atoms with Crippen LogP contribution < -0.4 is 10.9 Å². The summed E-state index contributed by atoms with van der Waals surface area (Å²) in [7, 11) is 0. The minimum Gasteiger partial charge on any atom is -0.325 e. The van der Waals surface area contributed by atoms with Crippen molar-refractivity contribution in [3.63, 3.8) is 0 Å². The fraction of sp³-hybridized carbons (Fsp3) is 0.406. The summed E-state index contributed by atoms with van der Waals surface area (Å²) >= 11 is 0. The van der Waals surface area contributed by atoms with Crippen molar-refractivity contribution in [1.82, 2.24) is 20.1 Å². The Labute approximate surface area is 280 Å². The van der Waals surface area contributed by atoms with E-state index in [2.05, 4.69) is 31.0 Å². The third-order valence-electron chi connectivity index (χ3n) is 8.00. The van der Waals surface area contributed by atoms with Gasteiger partial charge in [0.15, 0.2) is 0 Å². The Morgan fingerprint density at radius 3 is 1.57 bits per heavy atom. The number of nitrogens with one attached hydrogen (secondary N) is 2. The van der Waals surface area contributed by atoms with Gasteiger partial charge in [-0.05, 0) is 76.1 Å². The van der Waals surface area contributed by atoms with Crippen molar-refractivity contribution in [3.05, 3.63) is 47.8 Å². The monoisotopic (exact) mass is 674 g/mol. The quantitative estimate of drug-likeness (QED) is 0.289. The number of carbonyl (C=O) groups is 7. The van der Waals surface area contributed by atoms with Gasteiger partial charge in [0.05, 0.1) is 17.0 Å². The highest BCUT2D eigenvalue weighted by Gasteiger charge is 2.34. The van der Waals surface area contributed by atoms with E-state index in [0.717, 1.165) is 56.4 Å². The second-order valence-electron chi connectivity index (χ2n) is 11.6. The summed E-state index contributed by atoms with van der Waals surface area (Å²) < 4.78 is 0. The zero-order valence-corrected chi connectivity index (χ0v) is 26.7. The summed E-state index contributed by atoms with van der Waals surface area (Å²) in [6.07, 6.45) is 9.57. The zero-order chi connectivity index (χ0) is 34.9. The van der Waals surface area contributed by atoms with E-state index in [9.17, 15) is 33.6 Å². The van der Waals surface area contributed by atoms with Crippen LogP contribution in [0.4, 0.5) is 11.6 Å². The predicted molar refractivity (Wildman–Crippen MR) is 170 cm³/mol. The van der Waals surface area contributed by atoms with Gasteiger partial charge < -0.3 is 9.68 Å². The zero-order valence-electron chi connectivity index (χ0n) is 26.7. The number of hydrazone groups is 2. The molecule has 2 aromatic rings. The van der Waals surface area contributed by atoms with Crippen LogP contribution in [0.1, 0.15) is 98.3 Å². The van der Waals surface area contributed by atoms with E-state index < -0.39 is 35.6 Å². The summed E-state index contributed by atoms with van der Waals surface area (Å²) in [5.41, 5.74) is 7.78. The molecule has 49 heavy (non-hydrogen) atoms. The minimum absolute atomic E-state index is 0.0365. The smallest absolute Gasteiger partial charge is 0.325 e. The molecule has 4 fully saturated rings. The molecule has 2 saturated carbocycles. The first-order valence-corrected chi connectivity index (χ1v) is 15.8. The summed E-state index contributed by atoms with van der Waals surface area (Å²) in [4.78, 5) is 98.9. The highest BCUT2D eigenvalue weighted by molar-refractivity contribution is 6.06. The highest BCUT2D eigenvalue weighted by Crippen LogP contribution is 2.24. The maximum Gasteiger partial charge on any atom is 0.365 e. The number of nitrogens with zero attached hydrogens (tertiary/aromatic N) is 6. The van der Waals surface area contributed by atoms with Crippen molar-refractivity contribution in [2.75, 3.05) is 10.9 Å². The molecular formula is C32H34N8O9. The van der Waals surface area contributed by atoms with E-state index >= 15 is 0 Å². The van der Waals surface area contributed by atoms with E-state index in [1.165, 1.54) is 30.6 Å². The van der Waals surface area contributed by atoms with Crippen LogP contribution in [0.2, 0.25) is 0 Å². The van der Waals surface area contributed by atoms with Crippen molar-refractivity contribution in [3.8, 4) is 0 Å². The lowest BCUT2D eigenvalue weighted by Crippen LogP contribution is -2.32. The van der Waals surface area contributed by atoms with Crippen LogP contribution in [-0.2, 0) is 33.6 Å². The van der Waals surface area contributed by atoms with Gasteiger partial charge in [0.25, 0.3) is 23.6 Å². The third kappa shape index (κ3) is 8.94. The van der Waals surface area contributed by atoms with Gasteiger partial charge in [-0.2, -0.15) is 10.2 Å². The van der Waals surface area contributed by atoms with Crippen molar-refractivity contribution >= 4 is 64.4 Å². The molecule has 17 heteroatoms. The normalized spacial score (nSPS) is 19.6. The van der Waals surface area contributed by atoms with Gasteiger partial charge in [-0.1, -0.05) is 0 Å². The van der Waals surface area contributed by atoms with E-state index in [0.29, 0.717) is 21.8 Å². The third-order valence-corrected chi connectivity index (χ3v) is 8.00. The second kappa shape index (κ2) is 15.8. The summed E-state index contributed by atoms with van der Waals surface area (Å²) in [6.45, 7) is 1.56. The fourth-order valence-corrected chi connectivity index (χ4v) is 5.31. The molecule has 0 aromatic carbocycles. The lowest BCUT2D eigenvalue weighted by atomic mass is 10.0. The lowest BCUT2D eigenvalue weighted by Gasteiger charge is -2.12. The maximum atomic E-state index is 12.0. The number of hydrogen-bond acceptors (Lipinski definition) is 15. The number of amides is 4. The van der Waals surface area contributed by atoms with Crippen LogP contribution in [0.15, 0.2) is 46.9 Å². The van der Waals surface area contributed by atoms with Gasteiger partial charge >= 0.3 is 11.9 Å². The number of carbonyl (C=O) groups excluding carboxylic acids is 7. The van der Waals surface area contributed by atoms with Gasteiger partial charge in [0.2, 0.25) is 0 Å². The molecule has 256 valence electrons. The van der Waals surface area contributed by atoms with Crippen molar-refractivity contribution in [1.29, 1.82) is 0 Å². The SMILES string of the molecule is CC(=O)C1CCC/C1=N/Nc1ccc(C(=O)ON2C(=O)CCC2=O)cn1.O=C(ON1C(=O)CCC1=O)c1ccc(NN=C2CCCC2)nc1. The van der Waals surface area contributed by atoms with Crippen LogP contribution in [0.5, 0.6) is 0 Å². The van der Waals surface area contributed by atoms with Crippen LogP contribution in [-0.4, -0.2) is 72.9 Å². The standard InChI is InChI=1S/C17H18N4O5.C15H16N4O4/c1-10(22)12-3-2-4-13(12)19-20-14-6-5-11(9-18-14)17(25)26-21-15(23)7-8-16(21)24;20-13-7-8-14(21)19(13)23-15(22)10-5-6-12(16-9-10)18-17-11-3-1-2-4-11/h5-6,9,12H,2-4,7-8H2,1H3,(H,18,20);5-6,9H,1-4,7-8H2,(H,16,18)/b19-13-;. The van der Waals surface area contributed by atoms with Gasteiger partial charge in [-0.3, -0.25) is 34.8 Å². The molecule has 1 atom stereocenters. The number of ketones is 1. The topological polar surface area (TPSA) is 219 Å². The molecule has 0 radical (unpaired) electrons. The first-order chi connectivity index (χ1) is 23.6. The molecular weight excluding hydrogens is 640 g/mol. The van der Waals surface area contributed by atoms with Gasteiger partial charge in [0.1, 0.15) is 17.4 Å². The number of rotatable bonds is 9. The number of aromatic nitrogens is 2. The summed E-state index contributed by atoms with van der Waals surface area (Å²) in [5, 5.41) is 9.51. The number of hydrogen-bond donors (Lipinski definition) is 2.